The Balaban J connectivity index is 1.18. The molecule has 1 saturated heterocycles. The highest BCUT2D eigenvalue weighted by molar-refractivity contribution is 7.91. The van der Waals surface area contributed by atoms with Crippen molar-refractivity contribution < 1.29 is 37.0 Å². The number of benzene rings is 2. The molecule has 0 spiro atoms. The van der Waals surface area contributed by atoms with Crippen molar-refractivity contribution in [2.24, 2.45) is 5.92 Å². The Bertz CT molecular complexity index is 1900. The van der Waals surface area contributed by atoms with Gasteiger partial charge in [-0.25, -0.2) is 18.2 Å². The van der Waals surface area contributed by atoms with Gasteiger partial charge in [-0.1, -0.05) is 42.5 Å². The van der Waals surface area contributed by atoms with E-state index in [9.17, 15) is 22.8 Å². The number of carbonyl (C=O) groups is 3. The molecule has 0 bridgehead atoms. The quantitative estimate of drug-likeness (QED) is 0.342. The number of nitrogens with one attached hydrogen (secondary N) is 2. The summed E-state index contributed by atoms with van der Waals surface area (Å²) >= 11 is 0. The van der Waals surface area contributed by atoms with Crippen LogP contribution in [0.1, 0.15) is 51.4 Å². The normalized spacial score (nSPS) is 26.6. The van der Waals surface area contributed by atoms with Gasteiger partial charge in [0.05, 0.1) is 36.7 Å². The van der Waals surface area contributed by atoms with E-state index >= 15 is 0 Å². The number of nitrogens with zero attached hydrogens (tertiary/aromatic N) is 2. The van der Waals surface area contributed by atoms with Crippen LogP contribution in [0, 0.1) is 5.92 Å². The average molecular weight is 689 g/mol. The minimum absolute atomic E-state index is 0.0656. The van der Waals surface area contributed by atoms with E-state index in [1.807, 2.05) is 66.7 Å². The number of methoxy groups -OCH3 is 1. The second-order valence-corrected chi connectivity index (χ2v) is 15.2. The van der Waals surface area contributed by atoms with Crippen LogP contribution in [0.2, 0.25) is 0 Å². The molecule has 2 aliphatic heterocycles. The van der Waals surface area contributed by atoms with E-state index in [1.165, 1.54) is 4.90 Å². The Hall–Kier alpha value is -4.65. The number of allylic oxidation sites excluding steroid dienone is 1. The molecule has 3 heterocycles. The van der Waals surface area contributed by atoms with Crippen LogP contribution in [0.25, 0.3) is 22.2 Å². The fourth-order valence-electron chi connectivity index (χ4n) is 6.68. The molecule has 3 aromatic rings. The molecule has 2 saturated carbocycles. The number of fused-ring (bicyclic) bond motifs is 3. The summed E-state index contributed by atoms with van der Waals surface area (Å²) in [5.41, 5.74) is 0.792. The highest BCUT2D eigenvalue weighted by Crippen LogP contribution is 2.46. The molecular formula is C36H40N4O8S. The van der Waals surface area contributed by atoms with Crippen LogP contribution in [0.4, 0.5) is 4.79 Å². The molecule has 2 N–H and O–H groups in total. The first kappa shape index (κ1) is 32.9. The number of aromatic nitrogens is 1. The molecule has 4 aliphatic rings. The van der Waals surface area contributed by atoms with Gasteiger partial charge in [0, 0.05) is 35.4 Å². The molecule has 1 aromatic heterocycles. The lowest BCUT2D eigenvalue weighted by molar-refractivity contribution is -0.131. The summed E-state index contributed by atoms with van der Waals surface area (Å²) in [6.07, 6.45) is 7.12. The molecule has 258 valence electrons. The van der Waals surface area contributed by atoms with E-state index in [0.717, 1.165) is 30.2 Å². The van der Waals surface area contributed by atoms with Crippen molar-refractivity contribution in [3.63, 3.8) is 0 Å². The lowest BCUT2D eigenvalue weighted by atomic mass is 10.1. The molecule has 4 unspecified atom stereocenters. The van der Waals surface area contributed by atoms with Crippen molar-refractivity contribution in [2.75, 3.05) is 20.3 Å². The van der Waals surface area contributed by atoms with Crippen LogP contribution in [0.3, 0.4) is 0 Å². The minimum atomic E-state index is -3.84. The third-order valence-electron chi connectivity index (χ3n) is 9.72. The van der Waals surface area contributed by atoms with Gasteiger partial charge in [0.1, 0.15) is 29.2 Å². The maximum absolute atomic E-state index is 14.1. The minimum Gasteiger partial charge on any atom is -0.497 e. The summed E-state index contributed by atoms with van der Waals surface area (Å²) in [7, 11) is -2.25. The number of hydrogen-bond donors (Lipinski definition) is 2. The first-order valence-electron chi connectivity index (χ1n) is 16.9. The highest BCUT2D eigenvalue weighted by atomic mass is 32.2. The molecule has 2 aromatic carbocycles. The second kappa shape index (κ2) is 13.3. The highest BCUT2D eigenvalue weighted by Gasteiger charge is 2.62. The Labute approximate surface area is 285 Å². The lowest BCUT2D eigenvalue weighted by Gasteiger charge is -2.26. The summed E-state index contributed by atoms with van der Waals surface area (Å²) in [6.45, 7) is 0.278. The number of ether oxygens (including phenoxy) is 3. The maximum atomic E-state index is 14.1. The molecule has 2 aliphatic carbocycles. The van der Waals surface area contributed by atoms with Gasteiger partial charge < -0.3 is 19.5 Å². The summed E-state index contributed by atoms with van der Waals surface area (Å²) in [6, 6.07) is 16.0. The van der Waals surface area contributed by atoms with Crippen molar-refractivity contribution in [1.29, 1.82) is 0 Å². The van der Waals surface area contributed by atoms with Gasteiger partial charge in [-0.2, -0.15) is 0 Å². The third kappa shape index (κ3) is 6.94. The zero-order chi connectivity index (χ0) is 34.2. The van der Waals surface area contributed by atoms with Crippen LogP contribution in [0.5, 0.6) is 11.5 Å². The van der Waals surface area contributed by atoms with Crippen molar-refractivity contribution in [1.82, 2.24) is 19.9 Å². The SMILES string of the molecule is COc1ccc2c(OC3CC4C(=O)NC5(C(=O)NS(=O)(=O)C6CC6)CC5/C=C/CCCCCOC(=O)N4C3)cc(-c3ccccc3)nc2c1. The Kier molecular flexibility index (Phi) is 8.95. The number of sulfonamides is 1. The Morgan fingerprint density at radius 2 is 1.90 bits per heavy atom. The topological polar surface area (TPSA) is 153 Å². The molecular weight excluding hydrogens is 648 g/mol. The van der Waals surface area contributed by atoms with Crippen molar-refractivity contribution in [2.45, 2.75) is 74.3 Å². The Morgan fingerprint density at radius 3 is 2.67 bits per heavy atom. The monoisotopic (exact) mass is 688 g/mol. The molecule has 3 amide bonds. The lowest BCUT2D eigenvalue weighted by Crippen LogP contribution is -2.56. The molecule has 3 fully saturated rings. The largest absolute Gasteiger partial charge is 0.497 e. The van der Waals surface area contributed by atoms with Crippen LogP contribution in [0.15, 0.2) is 66.7 Å². The number of carbonyl (C=O) groups excluding carboxylic acids is 3. The fourth-order valence-corrected chi connectivity index (χ4v) is 8.04. The van der Waals surface area contributed by atoms with Gasteiger partial charge in [0.25, 0.3) is 5.91 Å². The summed E-state index contributed by atoms with van der Waals surface area (Å²) in [5.74, 6) is -0.526. The van der Waals surface area contributed by atoms with Gasteiger partial charge in [0.15, 0.2) is 0 Å². The van der Waals surface area contributed by atoms with E-state index in [4.69, 9.17) is 19.2 Å². The Morgan fingerprint density at radius 1 is 1.08 bits per heavy atom. The molecule has 49 heavy (non-hydrogen) atoms. The molecule has 13 heteroatoms. The number of pyridine rings is 1. The molecule has 7 rings (SSSR count). The predicted octanol–water partition coefficient (Wildman–Crippen LogP) is 4.48. The second-order valence-electron chi connectivity index (χ2n) is 13.2. The summed E-state index contributed by atoms with van der Waals surface area (Å²) in [4.78, 5) is 47.3. The molecule has 4 atom stereocenters. The van der Waals surface area contributed by atoms with Crippen LogP contribution >= 0.6 is 0 Å². The van der Waals surface area contributed by atoms with Gasteiger partial charge >= 0.3 is 6.09 Å². The van der Waals surface area contributed by atoms with Crippen LogP contribution in [-0.4, -0.2) is 79.4 Å². The van der Waals surface area contributed by atoms with Crippen molar-refractivity contribution in [3.05, 3.63) is 66.7 Å². The molecule has 12 nitrogen and oxygen atoms in total. The van der Waals surface area contributed by atoms with E-state index < -0.39 is 50.9 Å². The number of cyclic esters (lactones) is 1. The first-order valence-corrected chi connectivity index (χ1v) is 18.4. The zero-order valence-electron chi connectivity index (χ0n) is 27.3. The van der Waals surface area contributed by atoms with Crippen molar-refractivity contribution in [3.8, 4) is 22.8 Å². The van der Waals surface area contributed by atoms with E-state index in [2.05, 4.69) is 10.0 Å². The number of rotatable bonds is 7. The predicted molar refractivity (Wildman–Crippen MR) is 181 cm³/mol. The number of hydrogen-bond acceptors (Lipinski definition) is 9. The average Bonchev–Trinajstić information content (AvgIpc) is 4.02. The van der Waals surface area contributed by atoms with Crippen molar-refractivity contribution >= 4 is 38.8 Å². The van der Waals surface area contributed by atoms with E-state index in [-0.39, 0.29) is 31.9 Å². The smallest absolute Gasteiger partial charge is 0.410 e. The molecule has 0 radical (unpaired) electrons. The number of amides is 3. The fraction of sp³-hybridized carbons (Fsp3) is 0.444. The maximum Gasteiger partial charge on any atom is 0.410 e. The zero-order valence-corrected chi connectivity index (χ0v) is 28.1. The van der Waals surface area contributed by atoms with Crippen LogP contribution in [-0.2, 0) is 24.3 Å². The van der Waals surface area contributed by atoms with Gasteiger partial charge in [-0.15, -0.1) is 0 Å². The third-order valence-corrected chi connectivity index (χ3v) is 11.5. The standard InChI is InChI=1S/C36H40N4O8S/c1-46-25-13-16-28-30(18-25)37-29(23-10-6-5-7-11-23)20-32(28)48-26-19-31-33(41)38-36(34(42)39-49(44,45)27-14-15-27)21-24(36)12-8-3-2-4-9-17-47-35(43)40(31)22-26/h5-8,10-13,16,18,20,24,26-27,31H,2-4,9,14-15,17,19,21-22H2,1H3,(H,38,41)(H,39,42)/b12-8+. The summed E-state index contributed by atoms with van der Waals surface area (Å²) in [5, 5.41) is 3.01. The van der Waals surface area contributed by atoms with E-state index in [0.29, 0.717) is 42.0 Å². The first-order chi connectivity index (χ1) is 23.7. The summed E-state index contributed by atoms with van der Waals surface area (Å²) < 4.78 is 45.3. The van der Waals surface area contributed by atoms with Crippen LogP contribution < -0.4 is 19.5 Å². The van der Waals surface area contributed by atoms with Gasteiger partial charge in [0.2, 0.25) is 15.9 Å². The van der Waals surface area contributed by atoms with E-state index in [1.54, 1.807) is 7.11 Å². The van der Waals surface area contributed by atoms with Gasteiger partial charge in [-0.3, -0.25) is 19.2 Å². The van der Waals surface area contributed by atoms with Gasteiger partial charge in [-0.05, 0) is 57.1 Å².